The van der Waals surface area contributed by atoms with Crippen LogP contribution in [0.25, 0.3) is 0 Å². The second-order valence-electron chi connectivity index (χ2n) is 8.69. The first kappa shape index (κ1) is 24.6. The molecular formula is C27H20BrCl2N3O3. The van der Waals surface area contributed by atoms with Crippen molar-refractivity contribution in [1.82, 2.24) is 9.55 Å². The second kappa shape index (κ2) is 9.73. The van der Waals surface area contributed by atoms with Gasteiger partial charge < -0.3 is 4.74 Å². The fourth-order valence-corrected chi connectivity index (χ4v) is 5.19. The summed E-state index contributed by atoms with van der Waals surface area (Å²) in [5, 5.41) is 0.764. The number of halogens is 3. The van der Waals surface area contributed by atoms with E-state index in [9.17, 15) is 9.59 Å². The van der Waals surface area contributed by atoms with Crippen LogP contribution < -0.4 is 4.90 Å². The van der Waals surface area contributed by atoms with E-state index in [0.717, 1.165) is 15.6 Å². The van der Waals surface area contributed by atoms with Crippen molar-refractivity contribution in [3.8, 4) is 0 Å². The Morgan fingerprint density at radius 2 is 1.67 bits per heavy atom. The second-order valence-corrected chi connectivity index (χ2v) is 10.5. The van der Waals surface area contributed by atoms with Crippen LogP contribution in [-0.4, -0.2) is 21.4 Å². The Morgan fingerprint density at radius 1 is 1.00 bits per heavy atom. The van der Waals surface area contributed by atoms with E-state index in [1.165, 1.54) is 11.1 Å². The molecular weight excluding hydrogens is 565 g/mol. The molecule has 1 aliphatic heterocycles. The summed E-state index contributed by atoms with van der Waals surface area (Å²) in [4.78, 5) is 33.1. The highest BCUT2D eigenvalue weighted by molar-refractivity contribution is 9.10. The minimum Gasteiger partial charge on any atom is -0.456 e. The number of carbonyl (C=O) groups is 2. The Kier molecular flexibility index (Phi) is 6.64. The van der Waals surface area contributed by atoms with E-state index >= 15 is 0 Å². The van der Waals surface area contributed by atoms with Gasteiger partial charge in [-0.25, -0.2) is 14.7 Å². The van der Waals surface area contributed by atoms with Crippen molar-refractivity contribution in [2.75, 3.05) is 4.90 Å². The maximum atomic E-state index is 14.0. The van der Waals surface area contributed by atoms with Crippen LogP contribution in [0.1, 0.15) is 28.5 Å². The quantitative estimate of drug-likeness (QED) is 0.230. The topological polar surface area (TPSA) is 64.4 Å². The molecule has 3 aromatic carbocycles. The van der Waals surface area contributed by atoms with Crippen molar-refractivity contribution in [2.24, 2.45) is 0 Å². The summed E-state index contributed by atoms with van der Waals surface area (Å²) in [7, 11) is 0. The van der Waals surface area contributed by atoms with E-state index in [0.29, 0.717) is 28.1 Å². The fraction of sp³-hybridized carbons (Fsp3) is 0.148. The summed E-state index contributed by atoms with van der Waals surface area (Å²) in [6.45, 7) is 1.90. The Bertz CT molecular complexity index is 1440. The van der Waals surface area contributed by atoms with Gasteiger partial charge in [-0.3, -0.25) is 9.36 Å². The minimum atomic E-state index is -1.16. The van der Waals surface area contributed by atoms with E-state index in [2.05, 4.69) is 20.9 Å². The Morgan fingerprint density at radius 3 is 2.33 bits per heavy atom. The first-order valence-electron chi connectivity index (χ1n) is 11.1. The molecule has 0 radical (unpaired) electrons. The number of hydrogen-bond acceptors (Lipinski definition) is 4. The average molecular weight is 585 g/mol. The Hall–Kier alpha value is -3.13. The third-order valence-electron chi connectivity index (χ3n) is 6.09. The predicted octanol–water partition coefficient (Wildman–Crippen LogP) is 6.95. The monoisotopic (exact) mass is 583 g/mol. The molecule has 1 unspecified atom stereocenters. The number of aromatic nitrogens is 2. The van der Waals surface area contributed by atoms with Gasteiger partial charge in [0.15, 0.2) is 0 Å². The smallest absolute Gasteiger partial charge is 0.357 e. The van der Waals surface area contributed by atoms with Gasteiger partial charge in [-0.15, -0.1) is 0 Å². The molecule has 0 spiro atoms. The number of rotatable bonds is 6. The van der Waals surface area contributed by atoms with Gasteiger partial charge in [0, 0.05) is 20.9 Å². The van der Waals surface area contributed by atoms with Crippen LogP contribution in [0.4, 0.5) is 11.6 Å². The largest absolute Gasteiger partial charge is 0.456 e. The molecule has 0 saturated carbocycles. The number of fused-ring (bicyclic) bond motifs is 1. The van der Waals surface area contributed by atoms with Gasteiger partial charge in [0.1, 0.15) is 17.8 Å². The molecule has 1 aromatic heterocycles. The number of imidazole rings is 1. The summed E-state index contributed by atoms with van der Waals surface area (Å²) < 4.78 is 8.17. The first-order valence-corrected chi connectivity index (χ1v) is 12.7. The highest BCUT2D eigenvalue weighted by Crippen LogP contribution is 2.43. The van der Waals surface area contributed by atoms with Gasteiger partial charge in [-0.2, -0.15) is 0 Å². The number of nitrogens with zero attached hydrogens (tertiary/aromatic N) is 3. The number of hydrogen-bond donors (Lipinski definition) is 0. The molecule has 6 nitrogen and oxygen atoms in total. The number of ether oxygens (including phenoxy) is 1. The van der Waals surface area contributed by atoms with Crippen molar-refractivity contribution in [3.63, 3.8) is 0 Å². The number of carbonyl (C=O) groups excluding carboxylic acids is 2. The average Bonchev–Trinajstić information content (AvgIpc) is 3.37. The summed E-state index contributed by atoms with van der Waals surface area (Å²) in [5.74, 6) is -0.535. The van der Waals surface area contributed by atoms with E-state index in [1.807, 2.05) is 54.6 Å². The van der Waals surface area contributed by atoms with Crippen molar-refractivity contribution in [1.29, 1.82) is 0 Å². The van der Waals surface area contributed by atoms with Gasteiger partial charge in [0.05, 0.1) is 11.9 Å². The number of benzene rings is 3. The zero-order chi connectivity index (χ0) is 25.4. The molecule has 182 valence electrons. The molecule has 5 rings (SSSR count). The van der Waals surface area contributed by atoms with Crippen LogP contribution in [0.15, 0.2) is 83.5 Å². The Labute approximate surface area is 226 Å². The van der Waals surface area contributed by atoms with Gasteiger partial charge >= 0.3 is 5.97 Å². The van der Waals surface area contributed by atoms with Gasteiger partial charge in [-0.05, 0) is 48.4 Å². The highest BCUT2D eigenvalue weighted by atomic mass is 79.9. The summed E-state index contributed by atoms with van der Waals surface area (Å²) >= 11 is 15.9. The standard InChI is InChI=1S/C27H20BrCl2N3O3/c1-27(14-17-7-9-19(28)10-8-17)25(35)32(22-12-20(29)11-21(30)13-22)26-31-15-23(33(26)27)24(34)36-16-18-5-3-2-4-6-18/h2-13,15H,14,16H2,1H3. The molecule has 1 amide bonds. The van der Waals surface area contributed by atoms with Gasteiger partial charge in [-0.1, -0.05) is 81.6 Å². The number of amides is 1. The van der Waals surface area contributed by atoms with E-state index < -0.39 is 11.5 Å². The maximum absolute atomic E-state index is 14.0. The normalized spacial score (nSPS) is 16.8. The van der Waals surface area contributed by atoms with Crippen LogP contribution in [0.3, 0.4) is 0 Å². The maximum Gasteiger partial charge on any atom is 0.357 e. The minimum absolute atomic E-state index is 0.102. The predicted molar refractivity (Wildman–Crippen MR) is 143 cm³/mol. The van der Waals surface area contributed by atoms with Gasteiger partial charge in [0.25, 0.3) is 5.91 Å². The molecule has 0 N–H and O–H groups in total. The van der Waals surface area contributed by atoms with Crippen LogP contribution in [0, 0.1) is 0 Å². The summed E-state index contributed by atoms with van der Waals surface area (Å²) in [6.07, 6.45) is 1.76. The summed E-state index contributed by atoms with van der Waals surface area (Å²) in [6, 6.07) is 22.0. The molecule has 36 heavy (non-hydrogen) atoms. The third-order valence-corrected chi connectivity index (χ3v) is 7.05. The Balaban J connectivity index is 1.57. The lowest BCUT2D eigenvalue weighted by molar-refractivity contribution is -0.123. The summed E-state index contributed by atoms with van der Waals surface area (Å²) in [5.41, 5.74) is 1.27. The zero-order valence-corrected chi connectivity index (χ0v) is 22.2. The van der Waals surface area contributed by atoms with Crippen molar-refractivity contribution < 1.29 is 14.3 Å². The number of esters is 1. The highest BCUT2D eigenvalue weighted by Gasteiger charge is 2.51. The van der Waals surface area contributed by atoms with E-state index in [-0.39, 0.29) is 18.2 Å². The molecule has 1 aliphatic rings. The molecule has 0 saturated heterocycles. The molecule has 0 fully saturated rings. The fourth-order valence-electron chi connectivity index (χ4n) is 4.41. The van der Waals surface area contributed by atoms with Crippen LogP contribution >= 0.6 is 39.1 Å². The molecule has 4 aromatic rings. The molecule has 1 atom stereocenters. The first-order chi connectivity index (χ1) is 17.3. The van der Waals surface area contributed by atoms with Crippen molar-refractivity contribution in [3.05, 3.63) is 110 Å². The lowest BCUT2D eigenvalue weighted by Gasteiger charge is -2.26. The molecule has 2 heterocycles. The lowest BCUT2D eigenvalue weighted by Crippen LogP contribution is -2.42. The molecule has 9 heteroatoms. The zero-order valence-electron chi connectivity index (χ0n) is 19.1. The van der Waals surface area contributed by atoms with Crippen LogP contribution in [0.5, 0.6) is 0 Å². The van der Waals surface area contributed by atoms with E-state index in [4.69, 9.17) is 27.9 Å². The molecule has 0 aliphatic carbocycles. The van der Waals surface area contributed by atoms with Crippen molar-refractivity contribution >= 4 is 62.6 Å². The van der Waals surface area contributed by atoms with Gasteiger partial charge in [0.2, 0.25) is 5.95 Å². The van der Waals surface area contributed by atoms with Crippen LogP contribution in [0.2, 0.25) is 10.0 Å². The van der Waals surface area contributed by atoms with Crippen LogP contribution in [-0.2, 0) is 28.1 Å². The molecule has 0 bridgehead atoms. The third kappa shape index (κ3) is 4.54. The number of anilines is 2. The lowest BCUT2D eigenvalue weighted by atomic mass is 9.91. The van der Waals surface area contributed by atoms with E-state index in [1.54, 1.807) is 29.7 Å². The van der Waals surface area contributed by atoms with Crippen molar-refractivity contribution in [2.45, 2.75) is 25.5 Å². The SMILES string of the molecule is CC1(Cc2ccc(Br)cc2)C(=O)N(c2cc(Cl)cc(Cl)c2)c2ncc(C(=O)OCc3ccccc3)n21.